The van der Waals surface area contributed by atoms with E-state index in [4.69, 9.17) is 0 Å². The Morgan fingerprint density at radius 3 is 2.62 bits per heavy atom. The minimum atomic E-state index is -0.502. The summed E-state index contributed by atoms with van der Waals surface area (Å²) in [5.74, 6) is 0.401. The summed E-state index contributed by atoms with van der Waals surface area (Å²) in [5.41, 5.74) is -0.324. The van der Waals surface area contributed by atoms with Gasteiger partial charge in [0.15, 0.2) is 5.82 Å². The van der Waals surface area contributed by atoms with Gasteiger partial charge in [-0.25, -0.2) is 0 Å². The van der Waals surface area contributed by atoms with Crippen LogP contribution in [0.4, 0.5) is 0 Å². The minimum Gasteiger partial charge on any atom is -0.343 e. The SMILES string of the molecule is CCC1C(=O)NC(C(C)(C)C)C(=O)N1CCc1ncon1. The molecule has 2 unspecified atom stereocenters. The predicted octanol–water partition coefficient (Wildman–Crippen LogP) is 0.764. The highest BCUT2D eigenvalue weighted by atomic mass is 16.5. The zero-order valence-corrected chi connectivity index (χ0v) is 12.9. The zero-order valence-electron chi connectivity index (χ0n) is 12.9. The lowest BCUT2D eigenvalue weighted by molar-refractivity contribution is -0.152. The first-order valence-corrected chi connectivity index (χ1v) is 7.20. The number of aromatic nitrogens is 2. The number of amides is 2. The molecule has 2 amide bonds. The molecule has 2 rings (SSSR count). The third kappa shape index (κ3) is 3.22. The molecule has 0 aliphatic carbocycles. The van der Waals surface area contributed by atoms with E-state index in [0.29, 0.717) is 25.2 Å². The minimum absolute atomic E-state index is 0.0440. The van der Waals surface area contributed by atoms with E-state index in [1.807, 2.05) is 27.7 Å². The van der Waals surface area contributed by atoms with Gasteiger partial charge in [0.25, 0.3) is 0 Å². The molecule has 1 N–H and O–H groups in total. The first-order chi connectivity index (χ1) is 9.84. The summed E-state index contributed by atoms with van der Waals surface area (Å²) < 4.78 is 4.69. The van der Waals surface area contributed by atoms with E-state index in [1.165, 1.54) is 6.39 Å². The Morgan fingerprint density at radius 2 is 2.10 bits per heavy atom. The van der Waals surface area contributed by atoms with Crippen molar-refractivity contribution in [1.82, 2.24) is 20.4 Å². The van der Waals surface area contributed by atoms with Crippen LogP contribution in [0.2, 0.25) is 0 Å². The summed E-state index contributed by atoms with van der Waals surface area (Å²) in [5, 5.41) is 6.59. The summed E-state index contributed by atoms with van der Waals surface area (Å²) in [6.45, 7) is 8.14. The Kier molecular flexibility index (Phi) is 4.29. The molecule has 0 saturated carbocycles. The van der Waals surface area contributed by atoms with Crippen molar-refractivity contribution in [3.8, 4) is 0 Å². The third-order valence-corrected chi connectivity index (χ3v) is 3.73. The quantitative estimate of drug-likeness (QED) is 0.886. The van der Waals surface area contributed by atoms with Crippen molar-refractivity contribution in [2.24, 2.45) is 5.41 Å². The summed E-state index contributed by atoms with van der Waals surface area (Å²) in [6.07, 6.45) is 2.32. The first-order valence-electron chi connectivity index (χ1n) is 7.20. The topological polar surface area (TPSA) is 88.3 Å². The number of carbonyl (C=O) groups excluding carboxylic acids is 2. The fourth-order valence-corrected chi connectivity index (χ4v) is 2.54. The van der Waals surface area contributed by atoms with Crippen molar-refractivity contribution in [2.45, 2.75) is 52.6 Å². The van der Waals surface area contributed by atoms with Gasteiger partial charge >= 0.3 is 0 Å². The molecule has 1 saturated heterocycles. The van der Waals surface area contributed by atoms with Gasteiger partial charge in [-0.05, 0) is 11.8 Å². The maximum Gasteiger partial charge on any atom is 0.246 e. The Hall–Kier alpha value is -1.92. The van der Waals surface area contributed by atoms with E-state index in [9.17, 15) is 9.59 Å². The molecule has 7 heteroatoms. The summed E-state index contributed by atoms with van der Waals surface area (Å²) >= 11 is 0. The molecule has 0 spiro atoms. The largest absolute Gasteiger partial charge is 0.343 e. The monoisotopic (exact) mass is 294 g/mol. The van der Waals surface area contributed by atoms with Gasteiger partial charge < -0.3 is 14.7 Å². The van der Waals surface area contributed by atoms with Crippen LogP contribution in [0.1, 0.15) is 39.9 Å². The highest BCUT2D eigenvalue weighted by Gasteiger charge is 2.44. The zero-order chi connectivity index (χ0) is 15.6. The van der Waals surface area contributed by atoms with Gasteiger partial charge in [-0.2, -0.15) is 4.98 Å². The average molecular weight is 294 g/mol. The van der Waals surface area contributed by atoms with Gasteiger partial charge in [-0.3, -0.25) is 9.59 Å². The number of nitrogens with one attached hydrogen (secondary N) is 1. The number of carbonyl (C=O) groups is 2. The fourth-order valence-electron chi connectivity index (χ4n) is 2.54. The molecular weight excluding hydrogens is 272 g/mol. The molecule has 0 radical (unpaired) electrons. The molecule has 2 heterocycles. The van der Waals surface area contributed by atoms with Crippen LogP contribution in [0, 0.1) is 5.41 Å². The van der Waals surface area contributed by atoms with E-state index in [0.717, 1.165) is 0 Å². The molecule has 21 heavy (non-hydrogen) atoms. The van der Waals surface area contributed by atoms with Gasteiger partial charge in [0.05, 0.1) is 0 Å². The second-order valence-corrected chi connectivity index (χ2v) is 6.36. The predicted molar refractivity (Wildman–Crippen MR) is 75.2 cm³/mol. The molecule has 0 bridgehead atoms. The maximum atomic E-state index is 12.7. The standard InChI is InChI=1S/C14H22N4O3/c1-5-9-12(19)16-11(14(2,3)4)13(20)18(9)7-6-10-15-8-21-17-10/h8-9,11H,5-7H2,1-4H3,(H,16,19). The lowest BCUT2D eigenvalue weighted by Crippen LogP contribution is -2.66. The van der Waals surface area contributed by atoms with Crippen molar-refractivity contribution in [3.05, 3.63) is 12.2 Å². The molecule has 116 valence electrons. The van der Waals surface area contributed by atoms with E-state index >= 15 is 0 Å². The molecule has 7 nitrogen and oxygen atoms in total. The van der Waals surface area contributed by atoms with E-state index in [1.54, 1.807) is 4.90 Å². The lowest BCUT2D eigenvalue weighted by Gasteiger charge is -2.43. The van der Waals surface area contributed by atoms with Crippen LogP contribution in [0.25, 0.3) is 0 Å². The molecule has 1 fully saturated rings. The smallest absolute Gasteiger partial charge is 0.246 e. The summed E-state index contributed by atoms with van der Waals surface area (Å²) in [7, 11) is 0. The number of rotatable bonds is 4. The number of piperazine rings is 1. The number of hydrogen-bond donors (Lipinski definition) is 1. The van der Waals surface area contributed by atoms with Gasteiger partial charge in [0.2, 0.25) is 18.2 Å². The lowest BCUT2D eigenvalue weighted by atomic mass is 9.83. The van der Waals surface area contributed by atoms with Gasteiger partial charge in [-0.15, -0.1) is 0 Å². The van der Waals surface area contributed by atoms with Crippen molar-refractivity contribution in [2.75, 3.05) is 6.54 Å². The Morgan fingerprint density at radius 1 is 1.38 bits per heavy atom. The molecule has 2 atom stereocenters. The van der Waals surface area contributed by atoms with Gasteiger partial charge in [0.1, 0.15) is 12.1 Å². The Bertz CT molecular complexity index is 507. The van der Waals surface area contributed by atoms with Crippen LogP contribution >= 0.6 is 0 Å². The molecule has 1 aliphatic rings. The van der Waals surface area contributed by atoms with Crippen molar-refractivity contribution >= 4 is 11.8 Å². The molecule has 0 aromatic carbocycles. The second-order valence-electron chi connectivity index (χ2n) is 6.36. The molecule has 1 aromatic rings. The van der Waals surface area contributed by atoms with Gasteiger partial charge in [0, 0.05) is 13.0 Å². The first kappa shape index (κ1) is 15.5. The maximum absolute atomic E-state index is 12.7. The van der Waals surface area contributed by atoms with Crippen molar-refractivity contribution in [1.29, 1.82) is 0 Å². The van der Waals surface area contributed by atoms with Crippen molar-refractivity contribution < 1.29 is 14.1 Å². The molecule has 1 aliphatic heterocycles. The van der Waals surface area contributed by atoms with Crippen LogP contribution in [0.15, 0.2) is 10.9 Å². The highest BCUT2D eigenvalue weighted by Crippen LogP contribution is 2.26. The average Bonchev–Trinajstić information content (AvgIpc) is 2.91. The number of hydrogen-bond acceptors (Lipinski definition) is 5. The highest BCUT2D eigenvalue weighted by molar-refractivity contribution is 5.97. The number of nitrogens with zero attached hydrogens (tertiary/aromatic N) is 3. The van der Waals surface area contributed by atoms with Crippen LogP contribution in [-0.4, -0.2) is 45.5 Å². The molecular formula is C14H22N4O3. The normalized spacial score (nSPS) is 23.3. The van der Waals surface area contributed by atoms with E-state index < -0.39 is 12.1 Å². The fraction of sp³-hybridized carbons (Fsp3) is 0.714. The Balaban J connectivity index is 2.16. The van der Waals surface area contributed by atoms with Crippen LogP contribution in [0.3, 0.4) is 0 Å². The van der Waals surface area contributed by atoms with Crippen molar-refractivity contribution in [3.63, 3.8) is 0 Å². The summed E-state index contributed by atoms with van der Waals surface area (Å²) in [6, 6.07) is -0.930. The van der Waals surface area contributed by atoms with E-state index in [-0.39, 0.29) is 17.2 Å². The van der Waals surface area contributed by atoms with Crippen LogP contribution in [0.5, 0.6) is 0 Å². The Labute approximate surface area is 124 Å². The van der Waals surface area contributed by atoms with Gasteiger partial charge in [-0.1, -0.05) is 32.9 Å². The molecule has 1 aromatic heterocycles. The van der Waals surface area contributed by atoms with Crippen LogP contribution in [-0.2, 0) is 16.0 Å². The van der Waals surface area contributed by atoms with E-state index in [2.05, 4.69) is 20.0 Å². The summed E-state index contributed by atoms with van der Waals surface area (Å²) in [4.78, 5) is 30.5. The second kappa shape index (κ2) is 5.83. The van der Waals surface area contributed by atoms with Crippen LogP contribution < -0.4 is 5.32 Å². The third-order valence-electron chi connectivity index (χ3n) is 3.73.